The van der Waals surface area contributed by atoms with Gasteiger partial charge in [-0.15, -0.1) is 104 Å². The molecule has 137 heavy (non-hydrogen) atoms. The summed E-state index contributed by atoms with van der Waals surface area (Å²) in [4.78, 5) is 109. The number of rotatable bonds is 29. The average molecular weight is 2210 g/mol. The molecule has 5 unspecified atom stereocenters. The third-order valence-electron chi connectivity index (χ3n) is 18.4. The molecule has 17 rings (SSSR count). The Balaban J connectivity index is 0.000000400. The van der Waals surface area contributed by atoms with E-state index in [9.17, 15) is 19.2 Å². The van der Waals surface area contributed by atoms with E-state index in [0.717, 1.165) is 186 Å². The number of ether oxygens (including phenoxy) is 8. The molecule has 56 heteroatoms. The summed E-state index contributed by atoms with van der Waals surface area (Å²) >= 11 is 16.5. The molecule has 5 atom stereocenters. The van der Waals surface area contributed by atoms with Crippen LogP contribution in [0, 0.1) is 0 Å². The number of esters is 3. The van der Waals surface area contributed by atoms with E-state index >= 15 is 0 Å². The van der Waals surface area contributed by atoms with Gasteiger partial charge in [0.25, 0.3) is 0 Å². The predicted molar refractivity (Wildman–Crippen MR) is 557 cm³/mol. The van der Waals surface area contributed by atoms with E-state index in [-0.39, 0.29) is 118 Å². The van der Waals surface area contributed by atoms with E-state index < -0.39 is 14.8 Å². The maximum absolute atomic E-state index is 11.6. The van der Waals surface area contributed by atoms with Crippen LogP contribution in [0.4, 0.5) is 61.6 Å². The van der Waals surface area contributed by atoms with Crippen LogP contribution >= 0.6 is 161 Å². The summed E-state index contributed by atoms with van der Waals surface area (Å²) in [5.41, 5.74) is 10.5. The molecular weight excluding hydrogens is 2090 g/mol. The predicted octanol–water partition coefficient (Wildman–Crippen LogP) is 13.9. The standard InChI is InChI=1S/C13H18N4OS2.C12H18N2O3S.C11H16N2O3S.C10H16N2O2S.C10H14N2O2S.2C8H10N4S2.C6H8N2O2S.C3H4N2S.Al.2ClH.Li.Mn.2O.4H/c1-17(11-4-2-3-6-18-11)13-16-9-10(20-13)8-15-12-14-5-7-19-12;1-3-16-11(15)9-8-13-12(18-9)14(2)10-6-4-5-7-17-10;1-2-15-10(14)8-7-12-11(17-8)13-9-5-3-4-6-16-9;2*1-12(9-4-2-3-5-14-9)10-11-6-8(7-13)15-10;2*1-9-7-11-4-6(14-7)5-12-8-10-2-3-13-8;1-2-10-5(9)4-3-8-6(7)11-4;4-3-5-1-2-6-3;;;;;;;;;;;/h5,7,9,11H,2-4,6,8H2,1H3,(H,14,15);8,10H,3-7H2,1-2H3;7,9H,2-6H2,1H3,(H,12,13);6,9,13H,2-5,7H2,1H3;6-7,9H,2-5H2,1H3;2*2-4H,5H2,1H3,(H,9,11)(H,10,12);3H,2H2,1H3,(H2,7,8);1-2H,(H2,4,5);;2*1H;;;;;;;;/q;;;;;;;;;;;;+1;;;;;;;-1. The molecule has 12 aromatic heterocycles. The van der Waals surface area contributed by atoms with Gasteiger partial charge in [0.15, 0.2) is 85.2 Å². The van der Waals surface area contributed by atoms with Gasteiger partial charge in [0.1, 0.15) is 45.8 Å². The summed E-state index contributed by atoms with van der Waals surface area (Å²) in [6, 6.07) is 0. The van der Waals surface area contributed by atoms with Crippen LogP contribution in [0.3, 0.4) is 0 Å². The Kier molecular flexibility index (Phi) is 63.6. The third-order valence-corrected chi connectivity index (χ3v) is 29.1. The molecule has 5 aliphatic heterocycles. The first-order valence-corrected chi connectivity index (χ1v) is 53.3. The summed E-state index contributed by atoms with van der Waals surface area (Å²) < 4.78 is 59.7. The fourth-order valence-electron chi connectivity index (χ4n) is 11.8. The Hall–Kier alpha value is -7.17. The number of hydrogen-bond acceptors (Lipinski definition) is 51. The van der Waals surface area contributed by atoms with Crippen LogP contribution in [0.5, 0.6) is 0 Å². The van der Waals surface area contributed by atoms with Gasteiger partial charge in [-0.3, -0.25) is 4.79 Å². The molecule has 0 aromatic carbocycles. The van der Waals surface area contributed by atoms with Crippen molar-refractivity contribution in [2.75, 3.05) is 158 Å². The van der Waals surface area contributed by atoms with Gasteiger partial charge in [-0.1, -0.05) is 56.7 Å². The van der Waals surface area contributed by atoms with Crippen molar-refractivity contribution in [2.24, 2.45) is 0 Å². The molecule has 11 N–H and O–H groups in total. The first-order valence-electron chi connectivity index (χ1n) is 42.3. The maximum atomic E-state index is 11.6. The Bertz CT molecular complexity index is 5090. The quantitative estimate of drug-likeness (QED) is 0.00910. The average Bonchev–Trinajstić information content (AvgIpc) is 1.75. The van der Waals surface area contributed by atoms with Gasteiger partial charge in [-0.25, -0.2) is 74.2 Å². The SMILES string of the molecule is CCOC(=O)c1cnc(N(C)C2CCCCO2)s1.CCOC(=O)c1cnc(N)s1.CCOC(=O)c1cnc(NC2CCCCO2)s1.CN(c1ncc(C=O)s1)C1CCCCO1.CN(c1ncc(CNc2nccs2)s1)C1CCCCO1.CN(c1ncc(CO)s1)C1CCCCO1.CNc1ncc(CNc2nccs2)s1.CNc1ncc(CNc2nccs2)s1.Cl.Cl.Nc1nccs1.[AlH3].[H-].[Li+].[O]=[Mn]=[O]. The Morgan fingerprint density at radius 1 is 0.431 bits per heavy atom. The number of thiazole rings is 12. The zero-order valence-corrected chi connectivity index (χ0v) is 89.5. The Morgan fingerprint density at radius 2 is 0.774 bits per heavy atom. The molecule has 39 nitrogen and oxygen atoms in total. The molecule has 17 heterocycles. The molecule has 751 valence electrons. The van der Waals surface area contributed by atoms with E-state index in [2.05, 4.69) is 109 Å². The summed E-state index contributed by atoms with van der Waals surface area (Å²) in [5.74, 6) is -0.983. The fraction of sp³-hybridized carbons (Fsp3) is 0.506. The van der Waals surface area contributed by atoms with Gasteiger partial charge in [0.05, 0.1) is 80.6 Å². The van der Waals surface area contributed by atoms with Gasteiger partial charge in [-0.2, -0.15) is 0 Å². The van der Waals surface area contributed by atoms with Gasteiger partial charge in [0.2, 0.25) is 0 Å². The molecule has 0 saturated carbocycles. The molecule has 0 spiro atoms. The number of nitrogen functional groups attached to an aromatic ring is 2. The fourth-order valence-corrected chi connectivity index (χ4v) is 19.7. The van der Waals surface area contributed by atoms with Crippen LogP contribution in [-0.4, -0.2) is 233 Å². The van der Waals surface area contributed by atoms with E-state index in [1.165, 1.54) is 116 Å². The minimum atomic E-state index is -1.44. The summed E-state index contributed by atoms with van der Waals surface area (Å²) in [5, 5.41) is 45.7. The van der Waals surface area contributed by atoms with Crippen molar-refractivity contribution in [3.8, 4) is 0 Å². The van der Waals surface area contributed by atoms with Crippen molar-refractivity contribution < 1.29 is 105 Å². The molecule has 5 fully saturated rings. The first kappa shape index (κ1) is 122. The van der Waals surface area contributed by atoms with Gasteiger partial charge < -0.3 is 107 Å². The van der Waals surface area contributed by atoms with Gasteiger partial charge >= 0.3 is 59.3 Å². The van der Waals surface area contributed by atoms with E-state index in [0.29, 0.717) is 54.7 Å². The molecule has 0 bridgehead atoms. The molecule has 0 radical (unpaired) electrons. The number of aliphatic hydroxyl groups excluding tert-OH is 1. The number of aldehydes is 1. The zero-order valence-electron chi connectivity index (χ0n) is 77.9. The molecule has 5 saturated heterocycles. The van der Waals surface area contributed by atoms with Crippen LogP contribution in [0.15, 0.2) is 95.9 Å². The topological polar surface area (TPSA) is 488 Å². The second-order valence-electron chi connectivity index (χ2n) is 27.8. The van der Waals surface area contributed by atoms with Crippen LogP contribution < -0.4 is 81.8 Å². The molecule has 0 aliphatic carbocycles. The molecule has 0 amide bonds. The number of nitrogens with two attached hydrogens (primary N) is 2. The monoisotopic (exact) mass is 2210 g/mol. The number of nitrogens with zero attached hydrogens (tertiary/aromatic N) is 16. The number of carbonyl (C=O) groups is 4. The van der Waals surface area contributed by atoms with Crippen LogP contribution in [0.1, 0.15) is 177 Å². The van der Waals surface area contributed by atoms with Crippen molar-refractivity contribution in [3.05, 3.63) is 135 Å². The normalized spacial score (nSPS) is 15.8. The van der Waals surface area contributed by atoms with Crippen molar-refractivity contribution in [2.45, 2.75) is 174 Å². The van der Waals surface area contributed by atoms with Crippen LogP contribution in [0.25, 0.3) is 0 Å². The van der Waals surface area contributed by atoms with Gasteiger partial charge in [-0.05, 0) is 117 Å². The summed E-state index contributed by atoms with van der Waals surface area (Å²) in [7, 11) is 11.7. The Morgan fingerprint density at radius 3 is 1.10 bits per heavy atom. The first-order chi connectivity index (χ1) is 64.8. The van der Waals surface area contributed by atoms with Crippen LogP contribution in [-0.2, 0) is 86.6 Å². The van der Waals surface area contributed by atoms with Crippen molar-refractivity contribution in [1.29, 1.82) is 0 Å². The van der Waals surface area contributed by atoms with Gasteiger partial charge in [0, 0.05) is 161 Å². The van der Waals surface area contributed by atoms with E-state index in [1.54, 1.807) is 132 Å². The number of aliphatic hydroxyl groups is 1. The number of nitrogens with one attached hydrogen (secondary N) is 6. The Labute approximate surface area is 887 Å². The van der Waals surface area contributed by atoms with Crippen LogP contribution in [0.2, 0.25) is 0 Å². The third kappa shape index (κ3) is 45.8. The second-order valence-corrected chi connectivity index (χ2v) is 40.2. The van der Waals surface area contributed by atoms with E-state index in [4.69, 9.17) is 62.1 Å². The number of halogens is 2. The second kappa shape index (κ2) is 71.3. The van der Waals surface area contributed by atoms with Crippen molar-refractivity contribution >= 4 is 264 Å². The zero-order chi connectivity index (χ0) is 95.2. The van der Waals surface area contributed by atoms with E-state index in [1.807, 2.05) is 85.1 Å². The van der Waals surface area contributed by atoms with Crippen molar-refractivity contribution in [3.63, 3.8) is 0 Å². The summed E-state index contributed by atoms with van der Waals surface area (Å²) in [6.07, 6.45) is 38.8. The number of anilines is 12. The van der Waals surface area contributed by atoms with Crippen molar-refractivity contribution in [1.82, 2.24) is 59.8 Å². The molecule has 12 aromatic rings. The molecular formula is C81H120AlCl2LiMnN24O15S12. The molecule has 5 aliphatic rings. The number of hydrogen-bond donors (Lipinski definition) is 9. The number of aromatic nitrogens is 12. The minimum absolute atomic E-state index is 0. The summed E-state index contributed by atoms with van der Waals surface area (Å²) in [6.45, 7) is 13.0. The number of carbonyl (C=O) groups excluding carboxylic acids is 4.